The summed E-state index contributed by atoms with van der Waals surface area (Å²) in [6, 6.07) is 10.4. The van der Waals surface area contributed by atoms with Gasteiger partial charge in [0.25, 0.3) is 0 Å². The molecule has 0 saturated carbocycles. The van der Waals surface area contributed by atoms with E-state index in [0.29, 0.717) is 21.5 Å². The fourth-order valence-electron chi connectivity index (χ4n) is 2.28. The zero-order valence-corrected chi connectivity index (χ0v) is 13.7. The van der Waals surface area contributed by atoms with E-state index in [1.165, 1.54) is 0 Å². The van der Waals surface area contributed by atoms with Crippen LogP contribution in [0.2, 0.25) is 0 Å². The summed E-state index contributed by atoms with van der Waals surface area (Å²) in [5, 5.41) is 3.13. The Bertz CT molecular complexity index is 634. The van der Waals surface area contributed by atoms with Crippen molar-refractivity contribution in [2.24, 2.45) is 0 Å². The summed E-state index contributed by atoms with van der Waals surface area (Å²) in [6.45, 7) is 0. The lowest BCUT2D eigenvalue weighted by molar-refractivity contribution is 0.388. The number of methoxy groups -OCH3 is 2. The Morgan fingerprint density at radius 1 is 1.10 bits per heavy atom. The van der Waals surface area contributed by atoms with Crippen LogP contribution in [-0.2, 0) is 0 Å². The minimum atomic E-state index is -0.316. The lowest BCUT2D eigenvalue weighted by Gasteiger charge is -2.21. The van der Waals surface area contributed by atoms with Gasteiger partial charge in [-0.05, 0) is 41.2 Å². The molecule has 0 aliphatic heterocycles. The van der Waals surface area contributed by atoms with E-state index in [2.05, 4.69) is 21.2 Å². The van der Waals surface area contributed by atoms with Crippen molar-refractivity contribution < 1.29 is 13.9 Å². The Hall–Kier alpha value is -1.59. The molecule has 2 aromatic carbocycles. The molecule has 2 rings (SSSR count). The molecule has 2 aromatic rings. The highest BCUT2D eigenvalue weighted by Gasteiger charge is 2.21. The largest absolute Gasteiger partial charge is 0.497 e. The monoisotopic (exact) mass is 353 g/mol. The fourth-order valence-corrected chi connectivity index (χ4v) is 2.66. The van der Waals surface area contributed by atoms with E-state index < -0.39 is 0 Å². The van der Waals surface area contributed by atoms with Crippen LogP contribution in [0.3, 0.4) is 0 Å². The minimum absolute atomic E-state index is 0.283. The van der Waals surface area contributed by atoms with Crippen molar-refractivity contribution in [3.63, 3.8) is 0 Å². The molecule has 1 N–H and O–H groups in total. The second-order valence-electron chi connectivity index (χ2n) is 4.47. The molecule has 1 atom stereocenters. The van der Waals surface area contributed by atoms with Crippen LogP contribution in [0, 0.1) is 5.82 Å². The molecule has 1 unspecified atom stereocenters. The van der Waals surface area contributed by atoms with E-state index in [1.807, 2.05) is 18.2 Å². The number of nitrogens with one attached hydrogen (secondary N) is 1. The molecule has 0 saturated heterocycles. The van der Waals surface area contributed by atoms with Crippen molar-refractivity contribution in [1.82, 2.24) is 5.32 Å². The molecule has 3 nitrogen and oxygen atoms in total. The van der Waals surface area contributed by atoms with Gasteiger partial charge in [0.1, 0.15) is 17.3 Å². The summed E-state index contributed by atoms with van der Waals surface area (Å²) in [5.41, 5.74) is 1.40. The molecule has 0 amide bonds. The van der Waals surface area contributed by atoms with Crippen molar-refractivity contribution in [1.29, 1.82) is 0 Å². The van der Waals surface area contributed by atoms with Crippen molar-refractivity contribution in [2.75, 3.05) is 21.3 Å². The van der Waals surface area contributed by atoms with Crippen LogP contribution >= 0.6 is 15.9 Å². The van der Waals surface area contributed by atoms with Crippen LogP contribution < -0.4 is 14.8 Å². The molecule has 0 fully saturated rings. The Morgan fingerprint density at radius 3 is 2.48 bits per heavy atom. The lowest BCUT2D eigenvalue weighted by atomic mass is 9.97. The van der Waals surface area contributed by atoms with Crippen LogP contribution in [0.25, 0.3) is 0 Å². The third-order valence-electron chi connectivity index (χ3n) is 3.33. The summed E-state index contributed by atoms with van der Waals surface area (Å²) >= 11 is 3.22. The van der Waals surface area contributed by atoms with Crippen molar-refractivity contribution >= 4 is 15.9 Å². The van der Waals surface area contributed by atoms with Crippen molar-refractivity contribution in [3.8, 4) is 11.5 Å². The molecule has 0 aromatic heterocycles. The average Bonchev–Trinajstić information content (AvgIpc) is 2.52. The first-order chi connectivity index (χ1) is 10.1. The first kappa shape index (κ1) is 15.8. The summed E-state index contributed by atoms with van der Waals surface area (Å²) in [6.07, 6.45) is 0. The predicted molar refractivity (Wildman–Crippen MR) is 84.5 cm³/mol. The highest BCUT2D eigenvalue weighted by Crippen LogP contribution is 2.35. The third kappa shape index (κ3) is 3.19. The molecular formula is C16H17BrFNO2. The van der Waals surface area contributed by atoms with Gasteiger partial charge in [-0.15, -0.1) is 0 Å². The van der Waals surface area contributed by atoms with Gasteiger partial charge in [0.15, 0.2) is 0 Å². The molecule has 0 bridgehead atoms. The fraction of sp³-hybridized carbons (Fsp3) is 0.250. The number of halogens is 2. The van der Waals surface area contributed by atoms with E-state index in [1.54, 1.807) is 39.5 Å². The van der Waals surface area contributed by atoms with Gasteiger partial charge in [0.05, 0.1) is 24.7 Å². The van der Waals surface area contributed by atoms with Gasteiger partial charge in [0, 0.05) is 17.2 Å². The molecule has 5 heteroatoms. The normalized spacial score (nSPS) is 12.0. The van der Waals surface area contributed by atoms with E-state index in [-0.39, 0.29) is 11.9 Å². The van der Waals surface area contributed by atoms with Gasteiger partial charge in [-0.25, -0.2) is 4.39 Å². The maximum atomic E-state index is 14.4. The Morgan fingerprint density at radius 2 is 1.86 bits per heavy atom. The molecule has 0 heterocycles. The van der Waals surface area contributed by atoms with Gasteiger partial charge >= 0.3 is 0 Å². The summed E-state index contributed by atoms with van der Waals surface area (Å²) in [7, 11) is 4.97. The van der Waals surface area contributed by atoms with E-state index in [4.69, 9.17) is 9.47 Å². The van der Waals surface area contributed by atoms with Crippen LogP contribution in [0.5, 0.6) is 11.5 Å². The van der Waals surface area contributed by atoms with Crippen LogP contribution in [0.4, 0.5) is 4.39 Å². The van der Waals surface area contributed by atoms with Crippen LogP contribution in [0.15, 0.2) is 40.9 Å². The quantitative estimate of drug-likeness (QED) is 0.883. The standard InChI is InChI=1S/C16H17BrFNO2/c1-19-16(12-5-4-6-13(17)15(12)18)11-8-7-10(20-2)9-14(11)21-3/h4-9,16,19H,1-3H3. The number of benzene rings is 2. The van der Waals surface area contributed by atoms with E-state index >= 15 is 0 Å². The summed E-state index contributed by atoms with van der Waals surface area (Å²) in [5.74, 6) is 1.06. The first-order valence-corrected chi connectivity index (χ1v) is 7.24. The highest BCUT2D eigenvalue weighted by molar-refractivity contribution is 9.10. The highest BCUT2D eigenvalue weighted by atomic mass is 79.9. The third-order valence-corrected chi connectivity index (χ3v) is 3.95. The Balaban J connectivity index is 2.53. The van der Waals surface area contributed by atoms with Gasteiger partial charge in [0.2, 0.25) is 0 Å². The van der Waals surface area contributed by atoms with Gasteiger partial charge in [-0.2, -0.15) is 0 Å². The molecular weight excluding hydrogens is 337 g/mol. The maximum Gasteiger partial charge on any atom is 0.142 e. The summed E-state index contributed by atoms with van der Waals surface area (Å²) in [4.78, 5) is 0. The van der Waals surface area contributed by atoms with Crippen molar-refractivity contribution in [2.45, 2.75) is 6.04 Å². The molecule has 0 spiro atoms. The number of hydrogen-bond acceptors (Lipinski definition) is 3. The molecule has 21 heavy (non-hydrogen) atoms. The molecule has 112 valence electrons. The Kier molecular flexibility index (Phi) is 5.20. The molecule has 0 aliphatic rings. The van der Waals surface area contributed by atoms with E-state index in [0.717, 1.165) is 5.56 Å². The zero-order chi connectivity index (χ0) is 15.4. The van der Waals surface area contributed by atoms with Gasteiger partial charge < -0.3 is 14.8 Å². The SMILES string of the molecule is CNC(c1ccc(OC)cc1OC)c1cccc(Br)c1F. The van der Waals surface area contributed by atoms with Crippen LogP contribution in [0.1, 0.15) is 17.2 Å². The smallest absolute Gasteiger partial charge is 0.142 e. The second-order valence-corrected chi connectivity index (χ2v) is 5.33. The number of hydrogen-bond donors (Lipinski definition) is 1. The predicted octanol–water partition coefficient (Wildman–Crippen LogP) is 3.91. The average molecular weight is 354 g/mol. The second kappa shape index (κ2) is 6.91. The lowest BCUT2D eigenvalue weighted by Crippen LogP contribution is -2.20. The van der Waals surface area contributed by atoms with Gasteiger partial charge in [-0.1, -0.05) is 12.1 Å². The zero-order valence-electron chi connectivity index (χ0n) is 12.1. The Labute approximate surface area is 132 Å². The van der Waals surface area contributed by atoms with Crippen LogP contribution in [-0.4, -0.2) is 21.3 Å². The summed E-state index contributed by atoms with van der Waals surface area (Å²) < 4.78 is 25.4. The first-order valence-electron chi connectivity index (χ1n) is 6.45. The van der Waals surface area contributed by atoms with Crippen molar-refractivity contribution in [3.05, 3.63) is 57.8 Å². The van der Waals surface area contributed by atoms with Gasteiger partial charge in [-0.3, -0.25) is 0 Å². The minimum Gasteiger partial charge on any atom is -0.497 e. The topological polar surface area (TPSA) is 30.5 Å². The van der Waals surface area contributed by atoms with E-state index in [9.17, 15) is 4.39 Å². The number of ether oxygens (including phenoxy) is 2. The maximum absolute atomic E-state index is 14.4. The number of rotatable bonds is 5. The molecule has 0 radical (unpaired) electrons. The molecule has 0 aliphatic carbocycles.